The second-order valence-electron chi connectivity index (χ2n) is 5.06. The van der Waals surface area contributed by atoms with Crippen LogP contribution in [-0.4, -0.2) is 18.9 Å². The highest BCUT2D eigenvalue weighted by Crippen LogP contribution is 2.30. The summed E-state index contributed by atoms with van der Waals surface area (Å²) in [7, 11) is 0. The summed E-state index contributed by atoms with van der Waals surface area (Å²) in [6.07, 6.45) is 3.74. The Morgan fingerprint density at radius 3 is 2.61 bits per heavy atom. The summed E-state index contributed by atoms with van der Waals surface area (Å²) >= 11 is 3.50. The van der Waals surface area contributed by atoms with Gasteiger partial charge in [0, 0.05) is 28.8 Å². The van der Waals surface area contributed by atoms with Crippen molar-refractivity contribution in [3.05, 3.63) is 28.2 Å². The van der Waals surface area contributed by atoms with E-state index in [-0.39, 0.29) is 5.78 Å². The van der Waals surface area contributed by atoms with E-state index in [1.54, 1.807) is 6.92 Å². The molecule has 0 spiro atoms. The Balaban J connectivity index is 2.22. The highest BCUT2D eigenvalue weighted by molar-refractivity contribution is 9.10. The number of halogens is 1. The van der Waals surface area contributed by atoms with Crippen molar-refractivity contribution in [2.24, 2.45) is 5.92 Å². The molecule has 0 saturated carbocycles. The zero-order chi connectivity index (χ0) is 13.1. The van der Waals surface area contributed by atoms with Crippen LogP contribution in [0.3, 0.4) is 0 Å². The minimum Gasteiger partial charge on any atom is -0.371 e. The molecular weight excluding hydrogens is 290 g/mol. The van der Waals surface area contributed by atoms with Crippen molar-refractivity contribution in [1.82, 2.24) is 0 Å². The lowest BCUT2D eigenvalue weighted by atomic mass is 9.93. The van der Waals surface area contributed by atoms with Crippen LogP contribution in [0, 0.1) is 5.92 Å². The molecule has 2 nitrogen and oxygen atoms in total. The minimum atomic E-state index is 0.148. The molecule has 98 valence electrons. The van der Waals surface area contributed by atoms with Gasteiger partial charge in [0.05, 0.1) is 0 Å². The van der Waals surface area contributed by atoms with E-state index in [1.807, 2.05) is 12.1 Å². The molecule has 1 aliphatic rings. The molecule has 0 N–H and O–H groups in total. The molecule has 0 atom stereocenters. The van der Waals surface area contributed by atoms with Gasteiger partial charge in [-0.3, -0.25) is 4.79 Å². The van der Waals surface area contributed by atoms with Gasteiger partial charge in [-0.2, -0.15) is 0 Å². The van der Waals surface area contributed by atoms with E-state index in [4.69, 9.17) is 0 Å². The first kappa shape index (κ1) is 13.6. The smallest absolute Gasteiger partial charge is 0.161 e. The summed E-state index contributed by atoms with van der Waals surface area (Å²) in [4.78, 5) is 14.1. The minimum absolute atomic E-state index is 0.148. The first-order valence-corrected chi connectivity index (χ1v) is 7.46. The van der Waals surface area contributed by atoms with E-state index in [0.29, 0.717) is 0 Å². The van der Waals surface area contributed by atoms with E-state index in [0.717, 1.165) is 34.7 Å². The SMILES string of the molecule is CCC1CCN(c2cc(Br)ccc2C(C)=O)CC1. The third kappa shape index (κ3) is 2.94. The normalized spacial score (nSPS) is 16.9. The Morgan fingerprint density at radius 2 is 2.06 bits per heavy atom. The van der Waals surface area contributed by atoms with Crippen molar-refractivity contribution in [2.75, 3.05) is 18.0 Å². The van der Waals surface area contributed by atoms with Crippen molar-refractivity contribution in [3.8, 4) is 0 Å². The number of rotatable bonds is 3. The van der Waals surface area contributed by atoms with Crippen molar-refractivity contribution >= 4 is 27.4 Å². The maximum atomic E-state index is 11.7. The van der Waals surface area contributed by atoms with Crippen molar-refractivity contribution in [1.29, 1.82) is 0 Å². The number of hydrogen-bond acceptors (Lipinski definition) is 2. The summed E-state index contributed by atoms with van der Waals surface area (Å²) in [5.74, 6) is 1.00. The molecule has 1 fully saturated rings. The fourth-order valence-corrected chi connectivity index (χ4v) is 3.00. The Kier molecular flexibility index (Phi) is 4.44. The fourth-order valence-electron chi connectivity index (χ4n) is 2.65. The van der Waals surface area contributed by atoms with Gasteiger partial charge < -0.3 is 4.90 Å². The fraction of sp³-hybridized carbons (Fsp3) is 0.533. The average Bonchev–Trinajstić information content (AvgIpc) is 2.38. The second-order valence-corrected chi connectivity index (χ2v) is 5.97. The quantitative estimate of drug-likeness (QED) is 0.777. The molecule has 2 rings (SSSR count). The molecule has 1 saturated heterocycles. The van der Waals surface area contributed by atoms with Gasteiger partial charge in [-0.15, -0.1) is 0 Å². The van der Waals surface area contributed by atoms with Gasteiger partial charge in [0.1, 0.15) is 0 Å². The number of carbonyl (C=O) groups excluding carboxylic acids is 1. The average molecular weight is 310 g/mol. The molecule has 1 heterocycles. The lowest BCUT2D eigenvalue weighted by Crippen LogP contribution is -2.34. The predicted molar refractivity (Wildman–Crippen MR) is 79.4 cm³/mol. The van der Waals surface area contributed by atoms with Gasteiger partial charge in [-0.1, -0.05) is 29.3 Å². The second kappa shape index (κ2) is 5.87. The van der Waals surface area contributed by atoms with E-state index in [2.05, 4.69) is 33.8 Å². The third-order valence-electron chi connectivity index (χ3n) is 3.87. The lowest BCUT2D eigenvalue weighted by molar-refractivity contribution is 0.101. The van der Waals surface area contributed by atoms with Crippen molar-refractivity contribution < 1.29 is 4.79 Å². The highest BCUT2D eigenvalue weighted by Gasteiger charge is 2.21. The van der Waals surface area contributed by atoms with Crippen LogP contribution in [0.4, 0.5) is 5.69 Å². The Hall–Kier alpha value is -0.830. The number of anilines is 1. The number of nitrogens with zero attached hydrogens (tertiary/aromatic N) is 1. The van der Waals surface area contributed by atoms with Gasteiger partial charge >= 0.3 is 0 Å². The topological polar surface area (TPSA) is 20.3 Å². The number of hydrogen-bond donors (Lipinski definition) is 0. The van der Waals surface area contributed by atoms with E-state index in [9.17, 15) is 4.79 Å². The van der Waals surface area contributed by atoms with Crippen LogP contribution in [-0.2, 0) is 0 Å². The molecule has 3 heteroatoms. The predicted octanol–water partition coefficient (Wildman–Crippen LogP) is 4.28. The molecule has 0 bridgehead atoms. The Bertz CT molecular complexity index is 436. The van der Waals surface area contributed by atoms with Crippen LogP contribution in [0.2, 0.25) is 0 Å². The van der Waals surface area contributed by atoms with Crippen molar-refractivity contribution in [3.63, 3.8) is 0 Å². The summed E-state index contributed by atoms with van der Waals surface area (Å²) in [6, 6.07) is 5.94. The molecule has 0 radical (unpaired) electrons. The van der Waals surface area contributed by atoms with Gasteiger partial charge in [-0.25, -0.2) is 0 Å². The monoisotopic (exact) mass is 309 g/mol. The van der Waals surface area contributed by atoms with Crippen LogP contribution in [0.15, 0.2) is 22.7 Å². The molecule has 1 aliphatic heterocycles. The van der Waals surface area contributed by atoms with Crippen LogP contribution in [0.1, 0.15) is 43.5 Å². The number of piperidine rings is 1. The number of benzene rings is 1. The molecule has 1 aromatic carbocycles. The Labute approximate surface area is 117 Å². The molecule has 18 heavy (non-hydrogen) atoms. The van der Waals surface area contributed by atoms with Gasteiger partial charge in [-0.05, 0) is 43.9 Å². The van der Waals surface area contributed by atoms with Crippen LogP contribution < -0.4 is 4.90 Å². The Morgan fingerprint density at radius 1 is 1.39 bits per heavy atom. The molecule has 0 unspecified atom stereocenters. The van der Waals surface area contributed by atoms with Gasteiger partial charge in [0.15, 0.2) is 5.78 Å². The highest BCUT2D eigenvalue weighted by atomic mass is 79.9. The van der Waals surface area contributed by atoms with E-state index >= 15 is 0 Å². The maximum Gasteiger partial charge on any atom is 0.161 e. The molecule has 0 aliphatic carbocycles. The maximum absolute atomic E-state index is 11.7. The first-order valence-electron chi connectivity index (χ1n) is 6.67. The summed E-state index contributed by atoms with van der Waals surface area (Å²) in [5, 5.41) is 0. The van der Waals surface area contributed by atoms with Crippen LogP contribution >= 0.6 is 15.9 Å². The van der Waals surface area contributed by atoms with Gasteiger partial charge in [0.25, 0.3) is 0 Å². The number of Topliss-reactive ketones (excluding diaryl/α,β-unsaturated/α-hetero) is 1. The number of ketones is 1. The summed E-state index contributed by atoms with van der Waals surface area (Å²) in [5.41, 5.74) is 1.93. The molecular formula is C15H20BrNO. The third-order valence-corrected chi connectivity index (χ3v) is 4.36. The molecule has 0 amide bonds. The van der Waals surface area contributed by atoms with Gasteiger partial charge in [0.2, 0.25) is 0 Å². The number of carbonyl (C=O) groups is 1. The van der Waals surface area contributed by atoms with Crippen LogP contribution in [0.5, 0.6) is 0 Å². The molecule has 1 aromatic rings. The largest absolute Gasteiger partial charge is 0.371 e. The molecule has 0 aromatic heterocycles. The van der Waals surface area contributed by atoms with E-state index in [1.165, 1.54) is 19.3 Å². The summed E-state index contributed by atoms with van der Waals surface area (Å²) < 4.78 is 1.04. The zero-order valence-corrected chi connectivity index (χ0v) is 12.7. The zero-order valence-electron chi connectivity index (χ0n) is 11.1. The van der Waals surface area contributed by atoms with Crippen molar-refractivity contribution in [2.45, 2.75) is 33.1 Å². The van der Waals surface area contributed by atoms with Crippen LogP contribution in [0.25, 0.3) is 0 Å². The standard InChI is InChI=1S/C15H20BrNO/c1-3-12-6-8-17(9-7-12)15-10-13(16)4-5-14(15)11(2)18/h4-5,10,12H,3,6-9H2,1-2H3. The first-order chi connectivity index (χ1) is 8.61. The van der Waals surface area contributed by atoms with E-state index < -0.39 is 0 Å². The lowest BCUT2D eigenvalue weighted by Gasteiger charge is -2.34. The summed E-state index contributed by atoms with van der Waals surface area (Å²) in [6.45, 7) is 6.04.